The molecular weight excluding hydrogens is 176 g/mol. The van der Waals surface area contributed by atoms with E-state index in [2.05, 4.69) is 19.6 Å². The average molecular weight is 196 g/mol. The molecule has 0 aliphatic carbocycles. The lowest BCUT2D eigenvalue weighted by Gasteiger charge is -2.15. The van der Waals surface area contributed by atoms with Crippen LogP contribution in [0.15, 0.2) is 0 Å². The molecule has 0 aromatic rings. The van der Waals surface area contributed by atoms with Gasteiger partial charge < -0.3 is 8.85 Å². The van der Waals surface area contributed by atoms with Crippen LogP contribution in [0.2, 0.25) is 13.1 Å². The lowest BCUT2D eigenvalue weighted by atomic mass is 10.6. The van der Waals surface area contributed by atoms with E-state index in [0.717, 1.165) is 5.75 Å². The molecule has 0 unspecified atom stereocenters. The SMILES string of the molecule is CCCS.CO[Si](C)(C)OC. The van der Waals surface area contributed by atoms with Crippen LogP contribution in [0.5, 0.6) is 0 Å². The van der Waals surface area contributed by atoms with Gasteiger partial charge >= 0.3 is 8.56 Å². The van der Waals surface area contributed by atoms with Crippen molar-refractivity contribution in [3.8, 4) is 0 Å². The molecule has 0 radical (unpaired) electrons. The summed E-state index contributed by atoms with van der Waals surface area (Å²) in [4.78, 5) is 0. The molecule has 0 aliphatic heterocycles. The summed E-state index contributed by atoms with van der Waals surface area (Å²) in [6.07, 6.45) is 1.18. The minimum atomic E-state index is -1.65. The minimum absolute atomic E-state index is 1.01. The normalized spacial score (nSPS) is 10.4. The summed E-state index contributed by atoms with van der Waals surface area (Å²) in [5.41, 5.74) is 0. The number of thiol groups is 1. The second kappa shape index (κ2) is 8.58. The van der Waals surface area contributed by atoms with Gasteiger partial charge in [-0.25, -0.2) is 0 Å². The summed E-state index contributed by atoms with van der Waals surface area (Å²) in [6, 6.07) is 0. The van der Waals surface area contributed by atoms with Gasteiger partial charge in [0.05, 0.1) is 0 Å². The topological polar surface area (TPSA) is 18.5 Å². The molecule has 70 valence electrons. The van der Waals surface area contributed by atoms with Gasteiger partial charge in [-0.1, -0.05) is 6.92 Å². The summed E-state index contributed by atoms with van der Waals surface area (Å²) in [5.74, 6) is 1.01. The van der Waals surface area contributed by atoms with Crippen molar-refractivity contribution in [2.75, 3.05) is 20.0 Å². The molecule has 0 heterocycles. The molecule has 0 amide bonds. The van der Waals surface area contributed by atoms with Gasteiger partial charge in [0.25, 0.3) is 0 Å². The van der Waals surface area contributed by atoms with Gasteiger partial charge in [0.2, 0.25) is 0 Å². The van der Waals surface area contributed by atoms with Crippen molar-refractivity contribution < 1.29 is 8.85 Å². The second-order valence-corrected chi connectivity index (χ2v) is 6.60. The molecule has 0 atom stereocenters. The van der Waals surface area contributed by atoms with Crippen LogP contribution >= 0.6 is 12.6 Å². The summed E-state index contributed by atoms with van der Waals surface area (Å²) in [5, 5.41) is 0. The van der Waals surface area contributed by atoms with Gasteiger partial charge in [0, 0.05) is 14.2 Å². The molecule has 4 heteroatoms. The zero-order valence-corrected chi connectivity index (χ0v) is 10.1. The molecule has 0 rings (SSSR count). The van der Waals surface area contributed by atoms with Crippen molar-refractivity contribution in [2.45, 2.75) is 26.4 Å². The average Bonchev–Trinajstić information content (AvgIpc) is 2.05. The summed E-state index contributed by atoms with van der Waals surface area (Å²) < 4.78 is 10.0. The van der Waals surface area contributed by atoms with E-state index in [0.29, 0.717) is 0 Å². The lowest BCUT2D eigenvalue weighted by Crippen LogP contribution is -2.31. The highest BCUT2D eigenvalue weighted by atomic mass is 32.1. The van der Waals surface area contributed by atoms with Crippen molar-refractivity contribution in [3.63, 3.8) is 0 Å². The Morgan fingerprint density at radius 2 is 1.45 bits per heavy atom. The van der Waals surface area contributed by atoms with Crippen molar-refractivity contribution in [2.24, 2.45) is 0 Å². The third kappa shape index (κ3) is 13.5. The zero-order chi connectivity index (χ0) is 9.33. The quantitative estimate of drug-likeness (QED) is 0.551. The Bertz CT molecular complexity index is 70.8. The van der Waals surface area contributed by atoms with E-state index in [1.807, 2.05) is 13.1 Å². The van der Waals surface area contributed by atoms with Crippen LogP contribution in [0, 0.1) is 0 Å². The molecule has 0 spiro atoms. The Labute approximate surface area is 76.9 Å². The first-order valence-electron chi connectivity index (χ1n) is 3.75. The van der Waals surface area contributed by atoms with E-state index in [-0.39, 0.29) is 0 Å². The van der Waals surface area contributed by atoms with Gasteiger partial charge in [-0.3, -0.25) is 0 Å². The summed E-state index contributed by atoms with van der Waals surface area (Å²) >= 11 is 3.92. The van der Waals surface area contributed by atoms with E-state index in [4.69, 9.17) is 8.85 Å². The third-order valence-corrected chi connectivity index (χ3v) is 3.62. The first kappa shape index (κ1) is 14.0. The van der Waals surface area contributed by atoms with Crippen LogP contribution in [0.25, 0.3) is 0 Å². The van der Waals surface area contributed by atoms with E-state index >= 15 is 0 Å². The predicted molar refractivity (Wildman–Crippen MR) is 55.6 cm³/mol. The molecule has 0 saturated carbocycles. The molecule has 0 aromatic heterocycles. The third-order valence-electron chi connectivity index (χ3n) is 1.21. The maximum atomic E-state index is 5.00. The molecule has 0 saturated heterocycles. The Kier molecular flexibility index (Phi) is 11.0. The van der Waals surface area contributed by atoms with E-state index in [1.54, 1.807) is 14.2 Å². The second-order valence-electron chi connectivity index (χ2n) is 2.53. The fourth-order valence-electron chi connectivity index (χ4n) is 0.0833. The molecule has 2 nitrogen and oxygen atoms in total. The predicted octanol–water partition coefficient (Wildman–Crippen LogP) is 2.31. The van der Waals surface area contributed by atoms with Gasteiger partial charge in [0.1, 0.15) is 0 Å². The van der Waals surface area contributed by atoms with Crippen molar-refractivity contribution in [1.29, 1.82) is 0 Å². The molecule has 0 aliphatic rings. The Balaban J connectivity index is 0. The van der Waals surface area contributed by atoms with Crippen LogP contribution in [-0.2, 0) is 8.85 Å². The first-order chi connectivity index (χ1) is 5.04. The Morgan fingerprint density at radius 3 is 1.45 bits per heavy atom. The lowest BCUT2D eigenvalue weighted by molar-refractivity contribution is 0.258. The number of rotatable bonds is 3. The van der Waals surface area contributed by atoms with Crippen molar-refractivity contribution >= 4 is 21.2 Å². The molecule has 0 bridgehead atoms. The zero-order valence-electron chi connectivity index (χ0n) is 8.18. The largest absolute Gasteiger partial charge is 0.398 e. The highest BCUT2D eigenvalue weighted by Crippen LogP contribution is 1.99. The highest BCUT2D eigenvalue weighted by molar-refractivity contribution is 7.80. The molecule has 0 N–H and O–H groups in total. The van der Waals surface area contributed by atoms with Crippen LogP contribution in [0.1, 0.15) is 13.3 Å². The Morgan fingerprint density at radius 1 is 1.18 bits per heavy atom. The van der Waals surface area contributed by atoms with Crippen LogP contribution in [0.3, 0.4) is 0 Å². The highest BCUT2D eigenvalue weighted by Gasteiger charge is 2.19. The fraction of sp³-hybridized carbons (Fsp3) is 1.00. The Hall–Kier alpha value is 0.487. The van der Waals surface area contributed by atoms with E-state index in [9.17, 15) is 0 Å². The number of hydrogen-bond acceptors (Lipinski definition) is 3. The van der Waals surface area contributed by atoms with Crippen LogP contribution in [-0.4, -0.2) is 28.5 Å². The fourth-order valence-corrected chi connectivity index (χ4v) is 0.250. The van der Waals surface area contributed by atoms with Crippen molar-refractivity contribution in [3.05, 3.63) is 0 Å². The first-order valence-corrected chi connectivity index (χ1v) is 7.20. The number of hydrogen-bond donors (Lipinski definition) is 1. The minimum Gasteiger partial charge on any atom is -0.398 e. The van der Waals surface area contributed by atoms with Gasteiger partial charge in [-0.05, 0) is 25.3 Å². The standard InChI is InChI=1S/C4H12O2Si.C3H8S/c1-5-7(3,4)6-2;1-2-3-4/h1-4H3;4H,2-3H2,1H3. The van der Waals surface area contributed by atoms with Crippen LogP contribution < -0.4 is 0 Å². The summed E-state index contributed by atoms with van der Waals surface area (Å²) in [7, 11) is 1.70. The van der Waals surface area contributed by atoms with Gasteiger partial charge in [-0.2, -0.15) is 12.6 Å². The summed E-state index contributed by atoms with van der Waals surface area (Å²) in [6.45, 7) is 6.09. The van der Waals surface area contributed by atoms with Gasteiger partial charge in [-0.15, -0.1) is 0 Å². The molecule has 0 fully saturated rings. The monoisotopic (exact) mass is 196 g/mol. The van der Waals surface area contributed by atoms with Gasteiger partial charge in [0.15, 0.2) is 0 Å². The molecular formula is C7H20O2SSi. The van der Waals surface area contributed by atoms with E-state index in [1.165, 1.54) is 6.42 Å². The maximum absolute atomic E-state index is 5.00. The molecule has 0 aromatic carbocycles. The molecule has 11 heavy (non-hydrogen) atoms. The van der Waals surface area contributed by atoms with Crippen LogP contribution in [0.4, 0.5) is 0 Å². The maximum Gasteiger partial charge on any atom is 0.331 e. The van der Waals surface area contributed by atoms with Crippen molar-refractivity contribution in [1.82, 2.24) is 0 Å². The van der Waals surface area contributed by atoms with E-state index < -0.39 is 8.56 Å². The smallest absolute Gasteiger partial charge is 0.331 e.